The summed E-state index contributed by atoms with van der Waals surface area (Å²) in [5, 5.41) is 0. The van der Waals surface area contributed by atoms with Gasteiger partial charge in [-0.2, -0.15) is 13.2 Å². The monoisotopic (exact) mass is 282 g/mol. The summed E-state index contributed by atoms with van der Waals surface area (Å²) < 4.78 is 42.7. The molecule has 0 unspecified atom stereocenters. The quantitative estimate of drug-likeness (QED) is 0.937. The van der Waals surface area contributed by atoms with Crippen molar-refractivity contribution in [3.63, 3.8) is 0 Å². The number of aromatic nitrogens is 1. The fraction of sp³-hybridized carbons (Fsp3) is 0.214. The highest BCUT2D eigenvalue weighted by molar-refractivity contribution is 5.27. The number of halogens is 3. The van der Waals surface area contributed by atoms with Crippen molar-refractivity contribution in [1.82, 2.24) is 4.98 Å². The summed E-state index contributed by atoms with van der Waals surface area (Å²) in [5.41, 5.74) is 6.24. The Hall–Kier alpha value is -2.08. The van der Waals surface area contributed by atoms with Crippen LogP contribution in [0.25, 0.3) is 0 Å². The molecule has 0 aliphatic carbocycles. The van der Waals surface area contributed by atoms with Crippen molar-refractivity contribution in [1.29, 1.82) is 0 Å². The molecule has 6 heteroatoms. The predicted octanol–water partition coefficient (Wildman–Crippen LogP) is 3.14. The first-order valence-corrected chi connectivity index (χ1v) is 5.93. The van der Waals surface area contributed by atoms with Crippen LogP contribution in [0.2, 0.25) is 0 Å². The predicted molar refractivity (Wildman–Crippen MR) is 67.9 cm³/mol. The summed E-state index contributed by atoms with van der Waals surface area (Å²) in [4.78, 5) is 4.04. The standard InChI is InChI=1S/C14H13F3N2O/c15-14(16,17)12-5-3-10(4-6-12)9-20-13-11(8-18)2-1-7-19-13/h1-7H,8-9,18H2. The highest BCUT2D eigenvalue weighted by Gasteiger charge is 2.29. The molecule has 1 heterocycles. The number of nitrogens with two attached hydrogens (primary N) is 1. The van der Waals surface area contributed by atoms with E-state index in [0.717, 1.165) is 17.7 Å². The van der Waals surface area contributed by atoms with Crippen LogP contribution in [0, 0.1) is 0 Å². The van der Waals surface area contributed by atoms with Gasteiger partial charge in [-0.3, -0.25) is 0 Å². The first-order chi connectivity index (χ1) is 9.50. The van der Waals surface area contributed by atoms with Crippen LogP contribution in [-0.2, 0) is 19.3 Å². The average molecular weight is 282 g/mol. The molecule has 106 valence electrons. The molecule has 1 aromatic heterocycles. The molecule has 2 N–H and O–H groups in total. The molecule has 0 amide bonds. The number of ether oxygens (including phenoxy) is 1. The Balaban J connectivity index is 2.04. The Labute approximate surface area is 114 Å². The van der Waals surface area contributed by atoms with Crippen LogP contribution in [0.3, 0.4) is 0 Å². The number of hydrogen-bond acceptors (Lipinski definition) is 3. The summed E-state index contributed by atoms with van der Waals surface area (Å²) >= 11 is 0. The molecule has 20 heavy (non-hydrogen) atoms. The van der Waals surface area contributed by atoms with Crippen LogP contribution in [0.1, 0.15) is 16.7 Å². The van der Waals surface area contributed by atoms with E-state index in [4.69, 9.17) is 10.5 Å². The first kappa shape index (κ1) is 14.3. The van der Waals surface area contributed by atoms with Gasteiger partial charge in [0.2, 0.25) is 5.88 Å². The number of nitrogens with zero attached hydrogens (tertiary/aromatic N) is 1. The number of benzene rings is 1. The van der Waals surface area contributed by atoms with Crippen LogP contribution in [0.5, 0.6) is 5.88 Å². The molecule has 0 aliphatic rings. The van der Waals surface area contributed by atoms with Gasteiger partial charge in [0.1, 0.15) is 6.61 Å². The topological polar surface area (TPSA) is 48.1 Å². The lowest BCUT2D eigenvalue weighted by molar-refractivity contribution is -0.137. The number of rotatable bonds is 4. The Bertz CT molecular complexity index is 567. The molecule has 1 aromatic carbocycles. The molecule has 2 aromatic rings. The van der Waals surface area contributed by atoms with E-state index in [2.05, 4.69) is 4.98 Å². The summed E-state index contributed by atoms with van der Waals surface area (Å²) in [6.45, 7) is 0.429. The number of pyridine rings is 1. The van der Waals surface area contributed by atoms with E-state index < -0.39 is 11.7 Å². The van der Waals surface area contributed by atoms with E-state index >= 15 is 0 Å². The maximum atomic E-state index is 12.4. The highest BCUT2D eigenvalue weighted by Crippen LogP contribution is 2.29. The van der Waals surface area contributed by atoms with E-state index in [1.807, 2.05) is 0 Å². The summed E-state index contributed by atoms with van der Waals surface area (Å²) in [5.74, 6) is 0.398. The van der Waals surface area contributed by atoms with Crippen molar-refractivity contribution in [2.45, 2.75) is 19.3 Å². The van der Waals surface area contributed by atoms with Crippen molar-refractivity contribution in [2.24, 2.45) is 5.73 Å². The second kappa shape index (κ2) is 5.92. The minimum atomic E-state index is -4.33. The fourth-order valence-electron chi connectivity index (χ4n) is 1.65. The van der Waals surface area contributed by atoms with Gasteiger partial charge in [0, 0.05) is 18.3 Å². The van der Waals surface area contributed by atoms with Gasteiger partial charge in [0.15, 0.2) is 0 Å². The van der Waals surface area contributed by atoms with Crippen LogP contribution in [0.15, 0.2) is 42.6 Å². The van der Waals surface area contributed by atoms with Crippen LogP contribution in [0.4, 0.5) is 13.2 Å². The van der Waals surface area contributed by atoms with Crippen molar-refractivity contribution in [2.75, 3.05) is 0 Å². The Morgan fingerprint density at radius 2 is 1.80 bits per heavy atom. The number of hydrogen-bond donors (Lipinski definition) is 1. The molecule has 2 rings (SSSR count). The molecular weight excluding hydrogens is 269 g/mol. The lowest BCUT2D eigenvalue weighted by atomic mass is 10.1. The van der Waals surface area contributed by atoms with Gasteiger partial charge in [0.05, 0.1) is 5.56 Å². The fourth-order valence-corrected chi connectivity index (χ4v) is 1.65. The second-order valence-electron chi connectivity index (χ2n) is 4.16. The zero-order valence-corrected chi connectivity index (χ0v) is 10.5. The third kappa shape index (κ3) is 3.48. The molecule has 0 saturated carbocycles. The van der Waals surface area contributed by atoms with E-state index in [0.29, 0.717) is 11.4 Å². The smallest absolute Gasteiger partial charge is 0.416 e. The van der Waals surface area contributed by atoms with Gasteiger partial charge < -0.3 is 10.5 Å². The van der Waals surface area contributed by atoms with E-state index in [1.54, 1.807) is 18.3 Å². The van der Waals surface area contributed by atoms with Gasteiger partial charge in [-0.25, -0.2) is 4.98 Å². The minimum absolute atomic E-state index is 0.141. The Morgan fingerprint density at radius 3 is 2.40 bits per heavy atom. The molecule has 0 fully saturated rings. The maximum Gasteiger partial charge on any atom is 0.416 e. The van der Waals surface area contributed by atoms with E-state index in [9.17, 15) is 13.2 Å². The van der Waals surface area contributed by atoms with Crippen molar-refractivity contribution < 1.29 is 17.9 Å². The van der Waals surface area contributed by atoms with Crippen molar-refractivity contribution in [3.05, 3.63) is 59.3 Å². The minimum Gasteiger partial charge on any atom is -0.473 e. The van der Waals surface area contributed by atoms with E-state index in [1.165, 1.54) is 12.1 Å². The highest BCUT2D eigenvalue weighted by atomic mass is 19.4. The molecule has 0 saturated heterocycles. The molecular formula is C14H13F3N2O. The lowest BCUT2D eigenvalue weighted by Crippen LogP contribution is -2.06. The first-order valence-electron chi connectivity index (χ1n) is 5.93. The SMILES string of the molecule is NCc1cccnc1OCc1ccc(C(F)(F)F)cc1. The summed E-state index contributed by atoms with van der Waals surface area (Å²) in [6, 6.07) is 8.35. The zero-order valence-electron chi connectivity index (χ0n) is 10.5. The molecule has 0 spiro atoms. The van der Waals surface area contributed by atoms with Gasteiger partial charge in [-0.05, 0) is 23.8 Å². The number of alkyl halides is 3. The third-order valence-electron chi connectivity index (χ3n) is 2.73. The average Bonchev–Trinajstić information content (AvgIpc) is 2.45. The summed E-state index contributed by atoms with van der Waals surface area (Å²) in [6.07, 6.45) is -2.76. The lowest BCUT2D eigenvalue weighted by Gasteiger charge is -2.10. The van der Waals surface area contributed by atoms with Gasteiger partial charge in [-0.15, -0.1) is 0 Å². The molecule has 0 radical (unpaired) electrons. The maximum absolute atomic E-state index is 12.4. The van der Waals surface area contributed by atoms with Crippen molar-refractivity contribution >= 4 is 0 Å². The van der Waals surface area contributed by atoms with Crippen LogP contribution < -0.4 is 10.5 Å². The molecule has 3 nitrogen and oxygen atoms in total. The van der Waals surface area contributed by atoms with Gasteiger partial charge in [-0.1, -0.05) is 18.2 Å². The van der Waals surface area contributed by atoms with E-state index in [-0.39, 0.29) is 13.2 Å². The third-order valence-corrected chi connectivity index (χ3v) is 2.73. The van der Waals surface area contributed by atoms with Crippen molar-refractivity contribution in [3.8, 4) is 5.88 Å². The molecule has 0 atom stereocenters. The molecule has 0 aliphatic heterocycles. The Morgan fingerprint density at radius 1 is 1.10 bits per heavy atom. The van der Waals surface area contributed by atoms with Gasteiger partial charge in [0.25, 0.3) is 0 Å². The molecule has 0 bridgehead atoms. The zero-order chi connectivity index (χ0) is 14.6. The normalized spacial score (nSPS) is 11.4. The summed E-state index contributed by atoms with van der Waals surface area (Å²) in [7, 11) is 0. The Kier molecular flexibility index (Phi) is 4.24. The second-order valence-corrected chi connectivity index (χ2v) is 4.16. The van der Waals surface area contributed by atoms with Crippen LogP contribution in [-0.4, -0.2) is 4.98 Å². The van der Waals surface area contributed by atoms with Gasteiger partial charge >= 0.3 is 6.18 Å². The largest absolute Gasteiger partial charge is 0.473 e. The van der Waals surface area contributed by atoms with Crippen LogP contribution >= 0.6 is 0 Å².